The number of phenolic OH excluding ortho intramolecular Hbond substituents is 1. The van der Waals surface area contributed by atoms with Crippen molar-refractivity contribution in [3.05, 3.63) is 29.4 Å². The van der Waals surface area contributed by atoms with Gasteiger partial charge < -0.3 is 15.3 Å². The molecule has 3 aliphatic rings. The van der Waals surface area contributed by atoms with Crippen molar-refractivity contribution in [1.29, 1.82) is 5.26 Å². The number of nitrogens with zero attached hydrogens (tertiary/aromatic N) is 7. The van der Waals surface area contributed by atoms with Crippen LogP contribution in [-0.2, 0) is 0 Å². The van der Waals surface area contributed by atoms with E-state index < -0.39 is 0 Å². The first kappa shape index (κ1) is 22.3. The Labute approximate surface area is 208 Å². The van der Waals surface area contributed by atoms with Crippen LogP contribution in [-0.4, -0.2) is 53.6 Å². The van der Waals surface area contributed by atoms with E-state index in [9.17, 15) is 5.11 Å². The summed E-state index contributed by atoms with van der Waals surface area (Å²) in [7, 11) is 0. The Morgan fingerprint density at radius 3 is 2.46 bits per heavy atom. The molecule has 2 N–H and O–H groups in total. The lowest BCUT2D eigenvalue weighted by Crippen LogP contribution is -2.67. The number of rotatable bonds is 5. The van der Waals surface area contributed by atoms with Gasteiger partial charge in [-0.2, -0.15) is 5.26 Å². The van der Waals surface area contributed by atoms with Gasteiger partial charge in [0.2, 0.25) is 11.0 Å². The van der Waals surface area contributed by atoms with E-state index in [4.69, 9.17) is 10.2 Å². The molecule has 1 aliphatic carbocycles. The molecule has 3 fully saturated rings. The summed E-state index contributed by atoms with van der Waals surface area (Å²) in [6, 6.07) is 8.08. The molecule has 2 aromatic heterocycles. The molecule has 10 heteroatoms. The quantitative estimate of drug-likeness (QED) is 0.547. The van der Waals surface area contributed by atoms with Gasteiger partial charge in [-0.25, -0.2) is 4.98 Å². The summed E-state index contributed by atoms with van der Waals surface area (Å²) in [4.78, 5) is 7.15. The van der Waals surface area contributed by atoms with E-state index in [-0.39, 0.29) is 21.8 Å². The summed E-state index contributed by atoms with van der Waals surface area (Å²) in [5, 5.41) is 41.3. The first-order chi connectivity index (χ1) is 16.8. The van der Waals surface area contributed by atoms with Crippen LogP contribution in [0.5, 0.6) is 5.75 Å². The number of piperidine rings is 2. The zero-order valence-electron chi connectivity index (χ0n) is 19.9. The van der Waals surface area contributed by atoms with Crippen LogP contribution in [0.25, 0.3) is 21.8 Å². The molecule has 0 amide bonds. The van der Waals surface area contributed by atoms with Gasteiger partial charge in [0.15, 0.2) is 0 Å². The third-order valence-corrected chi connectivity index (χ3v) is 8.47. The second-order valence-electron chi connectivity index (χ2n) is 10.7. The van der Waals surface area contributed by atoms with Crippen LogP contribution in [0.3, 0.4) is 0 Å². The number of aromatic hydroxyl groups is 1. The number of hydrogen-bond acceptors (Lipinski definition) is 10. The molecule has 6 rings (SSSR count). The standard InChI is InChI=1S/C25H28N8OS/c1-24-8-3-9-25(2,32-24)12-17(11-24)33(16-5-6-16)23-27-14-19(28-31-23)18-7-4-15(10-20(18)34)22-30-29-21(13-26)35-22/h4,7,10,14,16-17,32,34H,3,5-6,8-9,11-12H2,1-2H3/t17-,24-,25+. The van der Waals surface area contributed by atoms with Gasteiger partial charge >= 0.3 is 0 Å². The van der Waals surface area contributed by atoms with Crippen LogP contribution in [0.2, 0.25) is 0 Å². The Morgan fingerprint density at radius 2 is 1.86 bits per heavy atom. The smallest absolute Gasteiger partial charge is 0.245 e. The molecule has 2 aliphatic heterocycles. The Balaban J connectivity index is 1.26. The molecular weight excluding hydrogens is 460 g/mol. The van der Waals surface area contributed by atoms with Gasteiger partial charge in [-0.05, 0) is 70.9 Å². The minimum absolute atomic E-state index is 0.0612. The molecule has 2 saturated heterocycles. The minimum atomic E-state index is 0.0612. The van der Waals surface area contributed by atoms with Crippen molar-refractivity contribution >= 4 is 17.3 Å². The van der Waals surface area contributed by atoms with E-state index >= 15 is 0 Å². The van der Waals surface area contributed by atoms with Crippen LogP contribution in [0.15, 0.2) is 24.4 Å². The molecule has 35 heavy (non-hydrogen) atoms. The van der Waals surface area contributed by atoms with Crippen molar-refractivity contribution in [1.82, 2.24) is 30.7 Å². The van der Waals surface area contributed by atoms with E-state index in [1.807, 2.05) is 12.1 Å². The number of phenols is 1. The van der Waals surface area contributed by atoms with Crippen LogP contribution in [0.4, 0.5) is 5.95 Å². The fourth-order valence-corrected chi connectivity index (χ4v) is 6.73. The second-order valence-corrected chi connectivity index (χ2v) is 11.7. The summed E-state index contributed by atoms with van der Waals surface area (Å²) in [5.74, 6) is 0.744. The highest BCUT2D eigenvalue weighted by Gasteiger charge is 2.49. The van der Waals surface area contributed by atoms with Gasteiger partial charge in [-0.3, -0.25) is 0 Å². The summed E-state index contributed by atoms with van der Waals surface area (Å²) in [6.07, 6.45) is 9.92. The first-order valence-electron chi connectivity index (χ1n) is 12.2. The van der Waals surface area contributed by atoms with E-state index in [0.29, 0.717) is 39.9 Å². The van der Waals surface area contributed by atoms with Gasteiger partial charge in [0.1, 0.15) is 22.5 Å². The van der Waals surface area contributed by atoms with Crippen molar-refractivity contribution in [3.8, 4) is 33.6 Å². The fourth-order valence-electron chi connectivity index (χ4n) is 6.09. The third-order valence-electron chi connectivity index (χ3n) is 7.59. The summed E-state index contributed by atoms with van der Waals surface area (Å²) >= 11 is 1.18. The van der Waals surface area contributed by atoms with Gasteiger partial charge in [0, 0.05) is 34.3 Å². The maximum atomic E-state index is 10.7. The lowest BCUT2D eigenvalue weighted by atomic mass is 9.69. The highest BCUT2D eigenvalue weighted by atomic mass is 32.1. The highest BCUT2D eigenvalue weighted by Crippen LogP contribution is 2.44. The summed E-state index contributed by atoms with van der Waals surface area (Å²) in [5.41, 5.74) is 2.08. The zero-order chi connectivity index (χ0) is 24.2. The van der Waals surface area contributed by atoms with Crippen molar-refractivity contribution in [2.45, 2.75) is 82.0 Å². The number of nitrogens with one attached hydrogen (secondary N) is 1. The molecule has 1 aromatic carbocycles. The molecule has 2 bridgehead atoms. The zero-order valence-corrected chi connectivity index (χ0v) is 20.7. The second kappa shape index (κ2) is 8.21. The average Bonchev–Trinajstić information content (AvgIpc) is 3.53. The van der Waals surface area contributed by atoms with Crippen LogP contribution < -0.4 is 10.2 Å². The number of hydrogen-bond donors (Lipinski definition) is 2. The average molecular weight is 489 g/mol. The molecule has 3 aromatic rings. The summed E-state index contributed by atoms with van der Waals surface area (Å²) in [6.45, 7) is 4.72. The maximum Gasteiger partial charge on any atom is 0.245 e. The monoisotopic (exact) mass is 488 g/mol. The molecule has 0 spiro atoms. The fraction of sp³-hybridized carbons (Fsp3) is 0.520. The third kappa shape index (κ3) is 4.23. The van der Waals surface area contributed by atoms with Gasteiger partial charge in [0.05, 0.1) is 6.20 Å². The van der Waals surface area contributed by atoms with Crippen LogP contribution >= 0.6 is 11.3 Å². The van der Waals surface area contributed by atoms with Crippen LogP contribution in [0, 0.1) is 11.3 Å². The lowest BCUT2D eigenvalue weighted by molar-refractivity contribution is 0.0764. The number of nitriles is 1. The van der Waals surface area contributed by atoms with Crippen molar-refractivity contribution in [3.63, 3.8) is 0 Å². The molecule has 1 saturated carbocycles. The Kier molecular flexibility index (Phi) is 5.23. The van der Waals surface area contributed by atoms with Gasteiger partial charge in [0.25, 0.3) is 0 Å². The lowest BCUT2D eigenvalue weighted by Gasteiger charge is -2.55. The number of aromatic nitrogens is 5. The van der Waals surface area contributed by atoms with E-state index in [1.54, 1.807) is 18.3 Å². The maximum absolute atomic E-state index is 10.7. The SMILES string of the molecule is C[C@]12CCC[C@](C)(C[C@@H](N(c3ncc(-c4ccc(-c5nnc(C#N)s5)cc4O)nn3)C3CC3)C1)N2. The van der Waals surface area contributed by atoms with Crippen LogP contribution in [0.1, 0.15) is 63.8 Å². The number of fused-ring (bicyclic) bond motifs is 2. The molecule has 0 radical (unpaired) electrons. The number of anilines is 1. The van der Waals surface area contributed by atoms with E-state index in [0.717, 1.165) is 12.8 Å². The molecule has 0 unspecified atom stereocenters. The Bertz CT molecular complexity index is 1280. The van der Waals surface area contributed by atoms with Crippen molar-refractivity contribution in [2.75, 3.05) is 4.90 Å². The molecule has 9 nitrogen and oxygen atoms in total. The first-order valence-corrected chi connectivity index (χ1v) is 13.0. The Morgan fingerprint density at radius 1 is 1.09 bits per heavy atom. The van der Waals surface area contributed by atoms with E-state index in [2.05, 4.69) is 44.5 Å². The van der Waals surface area contributed by atoms with Gasteiger partial charge in [-0.15, -0.1) is 20.4 Å². The minimum Gasteiger partial charge on any atom is -0.507 e. The summed E-state index contributed by atoms with van der Waals surface area (Å²) < 4.78 is 0. The number of benzene rings is 1. The Hall–Kier alpha value is -3.16. The largest absolute Gasteiger partial charge is 0.507 e. The normalized spacial score (nSPS) is 27.9. The predicted molar refractivity (Wildman–Crippen MR) is 133 cm³/mol. The van der Waals surface area contributed by atoms with E-state index in [1.165, 1.54) is 43.4 Å². The topological polar surface area (TPSA) is 124 Å². The van der Waals surface area contributed by atoms with Gasteiger partial charge in [-0.1, -0.05) is 17.4 Å². The molecule has 180 valence electrons. The predicted octanol–water partition coefficient (Wildman–Crippen LogP) is 4.06. The highest BCUT2D eigenvalue weighted by molar-refractivity contribution is 7.15. The molecule has 3 atom stereocenters. The van der Waals surface area contributed by atoms with Crippen molar-refractivity contribution < 1.29 is 5.11 Å². The van der Waals surface area contributed by atoms with Crippen molar-refractivity contribution in [2.24, 2.45) is 0 Å². The molecular formula is C25H28N8OS. The molecule has 4 heterocycles.